The molecule has 24 heavy (non-hydrogen) atoms. The maximum absolute atomic E-state index is 12.7. The van der Waals surface area contributed by atoms with Crippen LogP contribution in [0.4, 0.5) is 4.79 Å². The summed E-state index contributed by atoms with van der Waals surface area (Å²) >= 11 is 0. The summed E-state index contributed by atoms with van der Waals surface area (Å²) in [7, 11) is 0. The van der Waals surface area contributed by atoms with Gasteiger partial charge in [0.1, 0.15) is 23.0 Å². The number of ketones is 1. The summed E-state index contributed by atoms with van der Waals surface area (Å²) in [6.07, 6.45) is 1.12. The van der Waals surface area contributed by atoms with Crippen molar-refractivity contribution in [3.8, 4) is 0 Å². The number of hydrogen-bond acceptors (Lipinski definition) is 5. The zero-order valence-corrected chi connectivity index (χ0v) is 16.0. The Kier molecular flexibility index (Phi) is 6.42. The fraction of sp³-hybridized carbons (Fsp3) is 0.833. The number of likely N-dealkylation sites (tertiary alicyclic amines) is 1. The molecule has 0 aromatic rings. The molecule has 2 atom stereocenters. The molecular weight excluding hydrogens is 310 g/mol. The molecule has 138 valence electrons. The number of ether oxygens (including phenoxy) is 2. The van der Waals surface area contributed by atoms with Crippen LogP contribution < -0.4 is 0 Å². The van der Waals surface area contributed by atoms with Gasteiger partial charge in [0.05, 0.1) is 0 Å². The van der Waals surface area contributed by atoms with Crippen molar-refractivity contribution in [3.05, 3.63) is 0 Å². The van der Waals surface area contributed by atoms with E-state index in [-0.39, 0.29) is 24.7 Å². The molecule has 6 nitrogen and oxygen atoms in total. The van der Waals surface area contributed by atoms with Gasteiger partial charge >= 0.3 is 12.1 Å². The Balaban J connectivity index is 3.11. The van der Waals surface area contributed by atoms with E-state index in [1.165, 1.54) is 4.90 Å². The van der Waals surface area contributed by atoms with Crippen molar-refractivity contribution in [2.75, 3.05) is 0 Å². The Labute approximate surface area is 144 Å². The van der Waals surface area contributed by atoms with Gasteiger partial charge in [-0.3, -0.25) is 9.69 Å². The molecule has 1 heterocycles. The maximum atomic E-state index is 12.7. The van der Waals surface area contributed by atoms with E-state index in [0.29, 0.717) is 6.42 Å². The first-order valence-electron chi connectivity index (χ1n) is 8.60. The normalized spacial score (nSPS) is 22.3. The van der Waals surface area contributed by atoms with E-state index in [1.807, 2.05) is 6.92 Å². The third kappa shape index (κ3) is 6.13. The summed E-state index contributed by atoms with van der Waals surface area (Å²) in [5.74, 6) is -0.577. The summed E-state index contributed by atoms with van der Waals surface area (Å²) in [5.41, 5.74) is -1.36. The molecule has 0 bridgehead atoms. The van der Waals surface area contributed by atoms with Gasteiger partial charge < -0.3 is 9.47 Å². The number of Topliss-reactive ketones (excluding diaryl/α,β-unsaturated/α-hetero) is 1. The van der Waals surface area contributed by atoms with Gasteiger partial charge in [0.2, 0.25) is 0 Å². The molecule has 6 heteroatoms. The average Bonchev–Trinajstić information content (AvgIpc) is 2.33. The first-order chi connectivity index (χ1) is 10.8. The highest BCUT2D eigenvalue weighted by molar-refractivity contribution is 5.91. The number of amides is 1. The minimum absolute atomic E-state index is 0.0195. The van der Waals surface area contributed by atoms with Crippen molar-refractivity contribution in [1.29, 1.82) is 0 Å². The van der Waals surface area contributed by atoms with Gasteiger partial charge in [-0.15, -0.1) is 0 Å². The van der Waals surface area contributed by atoms with E-state index < -0.39 is 29.3 Å². The molecule has 1 amide bonds. The van der Waals surface area contributed by atoms with Crippen LogP contribution in [0, 0.1) is 0 Å². The van der Waals surface area contributed by atoms with E-state index in [4.69, 9.17) is 9.47 Å². The lowest BCUT2D eigenvalue weighted by atomic mass is 9.92. The molecule has 1 aliphatic rings. The summed E-state index contributed by atoms with van der Waals surface area (Å²) in [6.45, 7) is 12.6. The minimum Gasteiger partial charge on any atom is -0.458 e. The number of nitrogens with zero attached hydrogens (tertiary/aromatic N) is 1. The molecule has 0 aromatic heterocycles. The van der Waals surface area contributed by atoms with Gasteiger partial charge in [-0.2, -0.15) is 0 Å². The van der Waals surface area contributed by atoms with Crippen LogP contribution in [0.3, 0.4) is 0 Å². The Hall–Kier alpha value is -1.59. The van der Waals surface area contributed by atoms with Crippen LogP contribution in [-0.2, 0) is 19.1 Å². The fourth-order valence-electron chi connectivity index (χ4n) is 2.74. The van der Waals surface area contributed by atoms with Crippen molar-refractivity contribution < 1.29 is 23.9 Å². The zero-order chi connectivity index (χ0) is 18.7. The molecule has 1 aliphatic heterocycles. The summed E-state index contributed by atoms with van der Waals surface area (Å²) in [5, 5.41) is 0. The van der Waals surface area contributed by atoms with Crippen molar-refractivity contribution in [2.24, 2.45) is 0 Å². The molecule has 0 unspecified atom stereocenters. The van der Waals surface area contributed by atoms with E-state index in [9.17, 15) is 14.4 Å². The molecule has 0 N–H and O–H groups in total. The van der Waals surface area contributed by atoms with Gasteiger partial charge in [-0.1, -0.05) is 13.3 Å². The second kappa shape index (κ2) is 7.53. The third-order valence-corrected chi connectivity index (χ3v) is 3.52. The standard InChI is InChI=1S/C18H31NO5/c1-8-9-12-10-13(20)11-14(15(21)23-17(2,3)4)19(12)16(22)24-18(5,6)7/h12,14H,8-11H2,1-7H3/t12-,14-/m0/s1. The number of carbonyl (C=O) groups excluding carboxylic acids is 3. The van der Waals surface area contributed by atoms with Crippen LogP contribution in [0.25, 0.3) is 0 Å². The Morgan fingerprint density at radius 2 is 1.58 bits per heavy atom. The van der Waals surface area contributed by atoms with Crippen LogP contribution in [0.15, 0.2) is 0 Å². The van der Waals surface area contributed by atoms with E-state index in [1.54, 1.807) is 41.5 Å². The number of carbonyl (C=O) groups is 3. The van der Waals surface area contributed by atoms with Crippen LogP contribution in [-0.4, -0.2) is 46.0 Å². The SMILES string of the molecule is CCC[C@H]1CC(=O)C[C@@H](C(=O)OC(C)(C)C)N1C(=O)OC(C)(C)C. The quantitative estimate of drug-likeness (QED) is 0.735. The number of esters is 1. The van der Waals surface area contributed by atoms with Crippen LogP contribution in [0.1, 0.15) is 74.1 Å². The Morgan fingerprint density at radius 1 is 1.04 bits per heavy atom. The molecule has 0 radical (unpaired) electrons. The van der Waals surface area contributed by atoms with Crippen LogP contribution in [0.2, 0.25) is 0 Å². The van der Waals surface area contributed by atoms with Gasteiger partial charge in [-0.05, 0) is 48.0 Å². The molecular formula is C18H31NO5. The second-order valence-electron chi connectivity index (χ2n) is 8.33. The predicted octanol–water partition coefficient (Wildman–Crippen LogP) is 3.47. The number of hydrogen-bond donors (Lipinski definition) is 0. The molecule has 1 rings (SSSR count). The topological polar surface area (TPSA) is 72.9 Å². The molecule has 0 spiro atoms. The Morgan fingerprint density at radius 3 is 2.04 bits per heavy atom. The first kappa shape index (κ1) is 20.5. The van der Waals surface area contributed by atoms with Crippen LogP contribution in [0.5, 0.6) is 0 Å². The van der Waals surface area contributed by atoms with Crippen molar-refractivity contribution in [3.63, 3.8) is 0 Å². The van der Waals surface area contributed by atoms with Gasteiger partial charge in [0.25, 0.3) is 0 Å². The average molecular weight is 341 g/mol. The highest BCUT2D eigenvalue weighted by Gasteiger charge is 2.44. The first-order valence-corrected chi connectivity index (χ1v) is 8.60. The largest absolute Gasteiger partial charge is 0.458 e. The molecule has 1 saturated heterocycles. The van der Waals surface area contributed by atoms with Gasteiger partial charge in [-0.25, -0.2) is 9.59 Å². The summed E-state index contributed by atoms with van der Waals surface area (Å²) < 4.78 is 10.9. The maximum Gasteiger partial charge on any atom is 0.411 e. The Bertz CT molecular complexity index is 487. The predicted molar refractivity (Wildman–Crippen MR) is 90.6 cm³/mol. The lowest BCUT2D eigenvalue weighted by Gasteiger charge is -2.41. The van der Waals surface area contributed by atoms with Crippen molar-refractivity contribution >= 4 is 17.8 Å². The van der Waals surface area contributed by atoms with Crippen molar-refractivity contribution in [2.45, 2.75) is 97.4 Å². The summed E-state index contributed by atoms with van der Waals surface area (Å²) in [6, 6.07) is -1.25. The minimum atomic E-state index is -0.920. The lowest BCUT2D eigenvalue weighted by molar-refractivity contribution is -0.165. The fourth-order valence-corrected chi connectivity index (χ4v) is 2.74. The van der Waals surface area contributed by atoms with Crippen LogP contribution >= 0.6 is 0 Å². The summed E-state index contributed by atoms with van der Waals surface area (Å²) in [4.78, 5) is 38.8. The highest BCUT2D eigenvalue weighted by atomic mass is 16.6. The smallest absolute Gasteiger partial charge is 0.411 e. The van der Waals surface area contributed by atoms with Gasteiger partial charge in [0, 0.05) is 18.9 Å². The van der Waals surface area contributed by atoms with E-state index in [2.05, 4.69) is 0 Å². The third-order valence-electron chi connectivity index (χ3n) is 3.52. The number of piperidine rings is 1. The molecule has 0 aromatic carbocycles. The second-order valence-corrected chi connectivity index (χ2v) is 8.33. The lowest BCUT2D eigenvalue weighted by Crippen LogP contribution is -2.57. The molecule has 0 saturated carbocycles. The number of rotatable bonds is 3. The molecule has 1 fully saturated rings. The highest BCUT2D eigenvalue weighted by Crippen LogP contribution is 2.28. The monoisotopic (exact) mass is 341 g/mol. The van der Waals surface area contributed by atoms with E-state index in [0.717, 1.165) is 6.42 Å². The molecule has 0 aliphatic carbocycles. The van der Waals surface area contributed by atoms with Gasteiger partial charge in [0.15, 0.2) is 0 Å². The zero-order valence-electron chi connectivity index (χ0n) is 16.0. The van der Waals surface area contributed by atoms with E-state index >= 15 is 0 Å². The van der Waals surface area contributed by atoms with Crippen molar-refractivity contribution in [1.82, 2.24) is 4.90 Å².